The molecule has 0 radical (unpaired) electrons. The summed E-state index contributed by atoms with van der Waals surface area (Å²) in [5.41, 5.74) is 2.29. The molecule has 19 heavy (non-hydrogen) atoms. The summed E-state index contributed by atoms with van der Waals surface area (Å²) in [6.07, 6.45) is 6.53. The highest BCUT2D eigenvalue weighted by Crippen LogP contribution is 2.30. The third-order valence-corrected chi connectivity index (χ3v) is 4.46. The number of aryl methyl sites for hydroxylation is 2. The third-order valence-electron chi connectivity index (χ3n) is 4.46. The van der Waals surface area contributed by atoms with Crippen LogP contribution in [0.4, 0.5) is 0 Å². The van der Waals surface area contributed by atoms with Gasteiger partial charge in [-0.05, 0) is 37.7 Å². The number of hydrogen-bond acceptors (Lipinski definition) is 2. The lowest BCUT2D eigenvalue weighted by atomic mass is 9.96. The summed E-state index contributed by atoms with van der Waals surface area (Å²) < 4.78 is 1.94. The van der Waals surface area contributed by atoms with E-state index < -0.39 is 0 Å². The van der Waals surface area contributed by atoms with Gasteiger partial charge in [-0.25, -0.2) is 0 Å². The smallest absolute Gasteiger partial charge is 0.0704 e. The van der Waals surface area contributed by atoms with E-state index >= 15 is 0 Å². The molecule has 3 nitrogen and oxygen atoms in total. The molecule has 0 saturated heterocycles. The van der Waals surface area contributed by atoms with Crippen LogP contribution >= 0.6 is 0 Å². The summed E-state index contributed by atoms with van der Waals surface area (Å²) in [5.74, 6) is 0.523. The molecule has 2 aromatic rings. The van der Waals surface area contributed by atoms with Crippen LogP contribution in [-0.4, -0.2) is 21.0 Å². The Morgan fingerprint density at radius 3 is 2.84 bits per heavy atom. The zero-order chi connectivity index (χ0) is 13.2. The fourth-order valence-corrected chi connectivity index (χ4v) is 3.34. The van der Waals surface area contributed by atoms with Gasteiger partial charge < -0.3 is 5.11 Å². The highest BCUT2D eigenvalue weighted by atomic mass is 16.3. The van der Waals surface area contributed by atoms with Gasteiger partial charge in [0.25, 0.3) is 0 Å². The lowest BCUT2D eigenvalue weighted by Gasteiger charge is -2.16. The number of aliphatic hydroxyl groups is 1. The summed E-state index contributed by atoms with van der Waals surface area (Å²) in [6, 6.07) is 8.32. The molecule has 1 N–H and O–H groups in total. The monoisotopic (exact) mass is 258 g/mol. The van der Waals surface area contributed by atoms with Crippen molar-refractivity contribution in [1.82, 2.24) is 9.78 Å². The molecule has 1 heterocycles. The van der Waals surface area contributed by atoms with Gasteiger partial charge in [0.15, 0.2) is 0 Å². The van der Waals surface area contributed by atoms with Crippen molar-refractivity contribution in [3.05, 3.63) is 30.0 Å². The van der Waals surface area contributed by atoms with Crippen LogP contribution < -0.4 is 0 Å². The first-order chi connectivity index (χ1) is 9.25. The number of aromatic nitrogens is 2. The van der Waals surface area contributed by atoms with Crippen molar-refractivity contribution >= 4 is 10.9 Å². The fourth-order valence-electron chi connectivity index (χ4n) is 3.34. The van der Waals surface area contributed by atoms with Gasteiger partial charge >= 0.3 is 0 Å². The van der Waals surface area contributed by atoms with Crippen molar-refractivity contribution in [2.75, 3.05) is 0 Å². The van der Waals surface area contributed by atoms with Gasteiger partial charge in [-0.3, -0.25) is 4.68 Å². The van der Waals surface area contributed by atoms with Crippen LogP contribution in [0.5, 0.6) is 0 Å². The van der Waals surface area contributed by atoms with E-state index in [0.29, 0.717) is 5.92 Å². The van der Waals surface area contributed by atoms with Crippen LogP contribution in [0.15, 0.2) is 24.3 Å². The molecule has 3 heteroatoms. The van der Waals surface area contributed by atoms with E-state index in [9.17, 15) is 5.11 Å². The molecule has 0 spiro atoms. The Hall–Kier alpha value is -1.35. The molecular weight excluding hydrogens is 236 g/mol. The van der Waals surface area contributed by atoms with Crippen molar-refractivity contribution in [2.45, 2.75) is 44.6 Å². The predicted octanol–water partition coefficient (Wildman–Crippen LogP) is 3.06. The summed E-state index contributed by atoms with van der Waals surface area (Å²) in [5, 5.41) is 16.1. The molecule has 1 aromatic heterocycles. The molecule has 0 amide bonds. The van der Waals surface area contributed by atoms with Gasteiger partial charge in [-0.15, -0.1) is 0 Å². The number of hydrogen-bond donors (Lipinski definition) is 1. The summed E-state index contributed by atoms with van der Waals surface area (Å²) >= 11 is 0. The maximum absolute atomic E-state index is 10.3. The fraction of sp³-hybridized carbons (Fsp3) is 0.562. The molecule has 0 bridgehead atoms. The Kier molecular flexibility index (Phi) is 3.56. The zero-order valence-corrected chi connectivity index (χ0v) is 11.5. The van der Waals surface area contributed by atoms with E-state index in [1.165, 1.54) is 36.6 Å². The minimum Gasteiger partial charge on any atom is -0.393 e. The first-order valence-electron chi connectivity index (χ1n) is 7.34. The van der Waals surface area contributed by atoms with Crippen LogP contribution in [0.2, 0.25) is 0 Å². The van der Waals surface area contributed by atoms with Crippen LogP contribution in [0.25, 0.3) is 10.9 Å². The molecule has 1 atom stereocenters. The second kappa shape index (κ2) is 5.33. The molecule has 1 fully saturated rings. The minimum atomic E-state index is -0.150. The Morgan fingerprint density at radius 2 is 2.05 bits per heavy atom. The molecule has 1 aliphatic carbocycles. The van der Waals surface area contributed by atoms with E-state index in [4.69, 9.17) is 0 Å². The van der Waals surface area contributed by atoms with Crippen LogP contribution in [-0.2, 0) is 13.5 Å². The van der Waals surface area contributed by atoms with Crippen molar-refractivity contribution < 1.29 is 5.11 Å². The average Bonchev–Trinajstić information content (AvgIpc) is 3.06. The SMILES string of the molecule is Cn1nc(CCC(O)C2CCCC2)c2ccccc21. The summed E-state index contributed by atoms with van der Waals surface area (Å²) in [6.45, 7) is 0. The number of benzene rings is 1. The van der Waals surface area contributed by atoms with Crippen LogP contribution in [0.3, 0.4) is 0 Å². The van der Waals surface area contributed by atoms with Gasteiger partial charge in [0.05, 0.1) is 17.3 Å². The van der Waals surface area contributed by atoms with Gasteiger partial charge in [0.2, 0.25) is 0 Å². The zero-order valence-electron chi connectivity index (χ0n) is 11.5. The average molecular weight is 258 g/mol. The molecule has 3 rings (SSSR count). The van der Waals surface area contributed by atoms with Crippen molar-refractivity contribution in [1.29, 1.82) is 0 Å². The Balaban J connectivity index is 1.71. The van der Waals surface area contributed by atoms with E-state index in [0.717, 1.165) is 18.5 Å². The summed E-state index contributed by atoms with van der Waals surface area (Å²) in [4.78, 5) is 0. The molecular formula is C16H22N2O. The van der Waals surface area contributed by atoms with Crippen LogP contribution in [0.1, 0.15) is 37.8 Å². The Bertz CT molecular complexity index is 555. The van der Waals surface area contributed by atoms with Crippen molar-refractivity contribution in [2.24, 2.45) is 13.0 Å². The third kappa shape index (κ3) is 2.52. The normalized spacial score (nSPS) is 18.2. The van der Waals surface area contributed by atoms with Crippen molar-refractivity contribution in [3.63, 3.8) is 0 Å². The molecule has 1 unspecified atom stereocenters. The predicted molar refractivity (Wildman–Crippen MR) is 77.0 cm³/mol. The van der Waals surface area contributed by atoms with Crippen molar-refractivity contribution in [3.8, 4) is 0 Å². The van der Waals surface area contributed by atoms with Gasteiger partial charge in [0, 0.05) is 12.4 Å². The largest absolute Gasteiger partial charge is 0.393 e. The second-order valence-corrected chi connectivity index (χ2v) is 5.74. The first kappa shape index (κ1) is 12.7. The minimum absolute atomic E-state index is 0.150. The highest BCUT2D eigenvalue weighted by Gasteiger charge is 2.23. The number of rotatable bonds is 4. The van der Waals surface area contributed by atoms with Crippen LogP contribution in [0, 0.1) is 5.92 Å². The molecule has 1 aromatic carbocycles. The van der Waals surface area contributed by atoms with Gasteiger partial charge in [0.1, 0.15) is 0 Å². The topological polar surface area (TPSA) is 38.0 Å². The van der Waals surface area contributed by atoms with E-state index in [-0.39, 0.29) is 6.10 Å². The van der Waals surface area contributed by atoms with Gasteiger partial charge in [-0.1, -0.05) is 31.0 Å². The number of nitrogens with zero attached hydrogens (tertiary/aromatic N) is 2. The highest BCUT2D eigenvalue weighted by molar-refractivity contribution is 5.81. The van der Waals surface area contributed by atoms with E-state index in [1.807, 2.05) is 17.8 Å². The maximum atomic E-state index is 10.3. The quantitative estimate of drug-likeness (QED) is 0.915. The standard InChI is InChI=1S/C16H22N2O/c1-18-15-9-5-4-8-13(15)14(17-18)10-11-16(19)12-6-2-3-7-12/h4-5,8-9,12,16,19H,2-3,6-7,10-11H2,1H3. The number of fused-ring (bicyclic) bond motifs is 1. The van der Waals surface area contributed by atoms with E-state index in [1.54, 1.807) is 0 Å². The van der Waals surface area contributed by atoms with E-state index in [2.05, 4.69) is 23.3 Å². The second-order valence-electron chi connectivity index (χ2n) is 5.74. The Morgan fingerprint density at radius 1 is 1.32 bits per heavy atom. The number of para-hydroxylation sites is 1. The maximum Gasteiger partial charge on any atom is 0.0704 e. The van der Waals surface area contributed by atoms with Gasteiger partial charge in [-0.2, -0.15) is 5.10 Å². The number of aliphatic hydroxyl groups excluding tert-OH is 1. The summed E-state index contributed by atoms with van der Waals surface area (Å²) in [7, 11) is 1.99. The first-order valence-corrected chi connectivity index (χ1v) is 7.34. The Labute approximate surface area is 114 Å². The molecule has 0 aliphatic heterocycles. The molecule has 102 valence electrons. The lowest BCUT2D eigenvalue weighted by molar-refractivity contribution is 0.102. The molecule has 1 aliphatic rings. The lowest BCUT2D eigenvalue weighted by Crippen LogP contribution is -2.18. The molecule has 1 saturated carbocycles.